The van der Waals surface area contributed by atoms with Crippen molar-refractivity contribution in [1.82, 2.24) is 10.3 Å². The quantitative estimate of drug-likeness (QED) is 0.884. The highest BCUT2D eigenvalue weighted by Crippen LogP contribution is 2.32. The number of carbonyl (C=O) groups excluding carboxylic acids is 2. The van der Waals surface area contributed by atoms with Gasteiger partial charge in [0.1, 0.15) is 5.82 Å². The molecule has 1 amide bonds. The first-order valence-electron chi connectivity index (χ1n) is 7.21. The summed E-state index contributed by atoms with van der Waals surface area (Å²) in [6, 6.07) is 6.06. The smallest absolute Gasteiger partial charge is 0.339 e. The van der Waals surface area contributed by atoms with Crippen LogP contribution in [0.15, 0.2) is 36.7 Å². The van der Waals surface area contributed by atoms with E-state index >= 15 is 0 Å². The van der Waals surface area contributed by atoms with Crippen molar-refractivity contribution < 1.29 is 18.7 Å². The topological polar surface area (TPSA) is 68.3 Å². The minimum Gasteiger partial charge on any atom is -0.465 e. The molecule has 1 aromatic heterocycles. The molecule has 3 rings (SSSR count). The molecule has 118 valence electrons. The van der Waals surface area contributed by atoms with Crippen LogP contribution in [0.2, 0.25) is 0 Å². The van der Waals surface area contributed by atoms with Crippen molar-refractivity contribution in [2.24, 2.45) is 0 Å². The standard InChI is InChI=1S/C17H15FN2O3/c1-23-17(22)11-7-10(8-19-9-11)16(21)20-15-6-5-12-13(15)3-2-4-14(12)18/h2-4,7-9,15H,5-6H2,1H3,(H,20,21)/t15-/m1/s1. The van der Waals surface area contributed by atoms with Crippen LogP contribution in [-0.4, -0.2) is 24.0 Å². The molecule has 0 radical (unpaired) electrons. The molecule has 0 saturated carbocycles. The molecule has 1 aliphatic carbocycles. The molecule has 1 heterocycles. The Kier molecular flexibility index (Phi) is 4.06. The second-order valence-electron chi connectivity index (χ2n) is 5.33. The molecule has 0 unspecified atom stereocenters. The number of esters is 1. The Morgan fingerprint density at radius 1 is 1.30 bits per heavy atom. The van der Waals surface area contributed by atoms with Crippen LogP contribution in [0.3, 0.4) is 0 Å². The molecule has 0 saturated heterocycles. The van der Waals surface area contributed by atoms with Crippen LogP contribution in [0.25, 0.3) is 0 Å². The van der Waals surface area contributed by atoms with Gasteiger partial charge in [-0.25, -0.2) is 9.18 Å². The number of amides is 1. The lowest BCUT2D eigenvalue weighted by atomic mass is 10.1. The van der Waals surface area contributed by atoms with Gasteiger partial charge in [0.2, 0.25) is 0 Å². The van der Waals surface area contributed by atoms with Gasteiger partial charge in [-0.05, 0) is 36.1 Å². The third-order valence-electron chi connectivity index (χ3n) is 3.94. The lowest BCUT2D eigenvalue weighted by molar-refractivity contribution is 0.0600. The molecule has 6 heteroatoms. The Morgan fingerprint density at radius 2 is 2.09 bits per heavy atom. The number of aromatic nitrogens is 1. The summed E-state index contributed by atoms with van der Waals surface area (Å²) >= 11 is 0. The normalized spacial score (nSPS) is 15.8. The molecule has 23 heavy (non-hydrogen) atoms. The van der Waals surface area contributed by atoms with E-state index in [4.69, 9.17) is 0 Å². The second kappa shape index (κ2) is 6.16. The van der Waals surface area contributed by atoms with E-state index in [1.165, 1.54) is 31.6 Å². The van der Waals surface area contributed by atoms with Crippen molar-refractivity contribution in [1.29, 1.82) is 0 Å². The van der Waals surface area contributed by atoms with E-state index in [0.29, 0.717) is 18.4 Å². The predicted octanol–water partition coefficient (Wildman–Crippen LogP) is 2.42. The van der Waals surface area contributed by atoms with E-state index in [1.54, 1.807) is 6.07 Å². The molecule has 0 aliphatic heterocycles. The number of hydrogen-bond acceptors (Lipinski definition) is 4. The first-order chi connectivity index (χ1) is 11.1. The minimum absolute atomic E-state index is 0.206. The Morgan fingerprint density at radius 3 is 2.87 bits per heavy atom. The molecular formula is C17H15FN2O3. The Bertz CT molecular complexity index is 776. The SMILES string of the molecule is COC(=O)c1cncc(C(=O)N[C@@H]2CCc3c(F)cccc32)c1. The summed E-state index contributed by atoms with van der Waals surface area (Å²) in [4.78, 5) is 27.7. The third-order valence-corrected chi connectivity index (χ3v) is 3.94. The third kappa shape index (κ3) is 2.92. The lowest BCUT2D eigenvalue weighted by Gasteiger charge is -2.14. The molecule has 1 aliphatic rings. The summed E-state index contributed by atoms with van der Waals surface area (Å²) in [6.45, 7) is 0. The van der Waals surface area contributed by atoms with Gasteiger partial charge in [-0.1, -0.05) is 12.1 Å². The van der Waals surface area contributed by atoms with Gasteiger partial charge >= 0.3 is 5.97 Å². The van der Waals surface area contributed by atoms with Gasteiger partial charge in [-0.3, -0.25) is 9.78 Å². The molecule has 5 nitrogen and oxygen atoms in total. The largest absolute Gasteiger partial charge is 0.465 e. The number of methoxy groups -OCH3 is 1. The molecule has 1 N–H and O–H groups in total. The number of nitrogens with one attached hydrogen (secondary N) is 1. The number of hydrogen-bond donors (Lipinski definition) is 1. The van der Waals surface area contributed by atoms with Crippen LogP contribution >= 0.6 is 0 Å². The van der Waals surface area contributed by atoms with Crippen LogP contribution in [0, 0.1) is 5.82 Å². The molecule has 0 fully saturated rings. The van der Waals surface area contributed by atoms with Crippen molar-refractivity contribution in [3.8, 4) is 0 Å². The number of rotatable bonds is 3. The molecule has 2 aromatic rings. The van der Waals surface area contributed by atoms with E-state index in [1.807, 2.05) is 6.07 Å². The van der Waals surface area contributed by atoms with E-state index in [-0.39, 0.29) is 28.9 Å². The number of nitrogens with zero attached hydrogens (tertiary/aromatic N) is 1. The summed E-state index contributed by atoms with van der Waals surface area (Å²) in [5.41, 5.74) is 1.92. The maximum Gasteiger partial charge on any atom is 0.339 e. The molecule has 1 aromatic carbocycles. The van der Waals surface area contributed by atoms with Gasteiger partial charge in [0.05, 0.1) is 24.3 Å². The minimum atomic E-state index is -0.555. The number of halogens is 1. The summed E-state index contributed by atoms with van der Waals surface area (Å²) in [7, 11) is 1.26. The molecule has 0 bridgehead atoms. The van der Waals surface area contributed by atoms with E-state index in [2.05, 4.69) is 15.0 Å². The van der Waals surface area contributed by atoms with E-state index in [0.717, 1.165) is 5.56 Å². The summed E-state index contributed by atoms with van der Waals surface area (Å²) in [5, 5.41) is 2.87. The predicted molar refractivity (Wildman–Crippen MR) is 80.5 cm³/mol. The molecule has 0 spiro atoms. The monoisotopic (exact) mass is 314 g/mol. The van der Waals surface area contributed by atoms with Gasteiger partial charge < -0.3 is 10.1 Å². The number of fused-ring (bicyclic) bond motifs is 1. The molecule has 1 atom stereocenters. The fraction of sp³-hybridized carbons (Fsp3) is 0.235. The van der Waals surface area contributed by atoms with Crippen LogP contribution in [0.1, 0.15) is 44.3 Å². The van der Waals surface area contributed by atoms with Gasteiger partial charge in [-0.2, -0.15) is 0 Å². The highest BCUT2D eigenvalue weighted by atomic mass is 19.1. The van der Waals surface area contributed by atoms with E-state index < -0.39 is 5.97 Å². The summed E-state index contributed by atoms with van der Waals surface area (Å²) in [6.07, 6.45) is 3.95. The fourth-order valence-electron chi connectivity index (χ4n) is 2.79. The fourth-order valence-corrected chi connectivity index (χ4v) is 2.79. The van der Waals surface area contributed by atoms with Crippen molar-refractivity contribution in [2.45, 2.75) is 18.9 Å². The Labute approximate surface area is 132 Å². The van der Waals surface area contributed by atoms with Gasteiger partial charge in [0.25, 0.3) is 5.91 Å². The number of benzene rings is 1. The summed E-state index contributed by atoms with van der Waals surface area (Å²) in [5.74, 6) is -1.15. The van der Waals surface area contributed by atoms with Crippen molar-refractivity contribution in [3.63, 3.8) is 0 Å². The van der Waals surface area contributed by atoms with Crippen molar-refractivity contribution >= 4 is 11.9 Å². The first kappa shape index (κ1) is 15.1. The Hall–Kier alpha value is -2.76. The van der Waals surface area contributed by atoms with Crippen LogP contribution in [-0.2, 0) is 11.2 Å². The first-order valence-corrected chi connectivity index (χ1v) is 7.21. The van der Waals surface area contributed by atoms with Crippen molar-refractivity contribution in [3.05, 3.63) is 64.7 Å². The van der Waals surface area contributed by atoms with E-state index in [9.17, 15) is 14.0 Å². The van der Waals surface area contributed by atoms with Gasteiger partial charge in [-0.15, -0.1) is 0 Å². The van der Waals surface area contributed by atoms with Crippen LogP contribution in [0.5, 0.6) is 0 Å². The van der Waals surface area contributed by atoms with Crippen molar-refractivity contribution in [2.75, 3.05) is 7.11 Å². The van der Waals surface area contributed by atoms with Gasteiger partial charge in [0, 0.05) is 12.4 Å². The zero-order chi connectivity index (χ0) is 16.4. The number of ether oxygens (including phenoxy) is 1. The summed E-state index contributed by atoms with van der Waals surface area (Å²) < 4.78 is 18.3. The van der Waals surface area contributed by atoms with Crippen LogP contribution in [0.4, 0.5) is 4.39 Å². The highest BCUT2D eigenvalue weighted by molar-refractivity contribution is 5.97. The zero-order valence-electron chi connectivity index (χ0n) is 12.5. The maximum atomic E-state index is 13.7. The molecular weight excluding hydrogens is 299 g/mol. The van der Waals surface area contributed by atoms with Crippen LogP contribution < -0.4 is 5.32 Å². The second-order valence-corrected chi connectivity index (χ2v) is 5.33. The average molecular weight is 314 g/mol. The number of pyridine rings is 1. The Balaban J connectivity index is 1.79. The van der Waals surface area contributed by atoms with Gasteiger partial charge in [0.15, 0.2) is 0 Å². The maximum absolute atomic E-state index is 13.7. The number of carbonyl (C=O) groups is 2. The highest BCUT2D eigenvalue weighted by Gasteiger charge is 2.26. The zero-order valence-corrected chi connectivity index (χ0v) is 12.5. The average Bonchev–Trinajstić information content (AvgIpc) is 2.98. The lowest BCUT2D eigenvalue weighted by Crippen LogP contribution is -2.27.